The van der Waals surface area contributed by atoms with Gasteiger partial charge in [0.1, 0.15) is 13.2 Å². The van der Waals surface area contributed by atoms with Crippen molar-refractivity contribution in [2.24, 2.45) is 11.8 Å². The van der Waals surface area contributed by atoms with E-state index in [1.807, 2.05) is 0 Å². The van der Waals surface area contributed by atoms with Crippen LogP contribution in [-0.4, -0.2) is 37.2 Å². The molecular weight excluding hydrogens is 853 g/mol. The fraction of sp³-hybridized carbons (Fsp3) is 0.952. The lowest BCUT2D eigenvalue weighted by Crippen LogP contribution is -2.30. The minimum atomic E-state index is -0.763. The standard InChI is InChI=1S/C63H122O6/c1-6-8-9-10-11-12-13-14-16-25-30-35-40-45-50-55-63(66)69-60(56-67-61(64)53-48-43-38-33-28-23-18-15-17-21-26-31-36-41-46-51-58(3)4)57-68-62(65)54-49-44-39-34-29-24-20-19-22-27-32-37-42-47-52-59(5)7-2/h58-60H,6-57H2,1-5H3/t59?,60-/m0/s1. The van der Waals surface area contributed by atoms with Crippen molar-refractivity contribution in [3.63, 3.8) is 0 Å². The second-order valence-corrected chi connectivity index (χ2v) is 22.4. The van der Waals surface area contributed by atoms with Gasteiger partial charge in [0.2, 0.25) is 0 Å². The van der Waals surface area contributed by atoms with Crippen molar-refractivity contribution < 1.29 is 28.6 Å². The second kappa shape index (κ2) is 55.7. The van der Waals surface area contributed by atoms with E-state index in [0.717, 1.165) is 69.6 Å². The number of esters is 3. The van der Waals surface area contributed by atoms with Gasteiger partial charge in [-0.05, 0) is 31.1 Å². The highest BCUT2D eigenvalue weighted by Crippen LogP contribution is 2.19. The maximum atomic E-state index is 12.9. The highest BCUT2D eigenvalue weighted by molar-refractivity contribution is 5.71. The van der Waals surface area contributed by atoms with Crippen molar-refractivity contribution in [3.8, 4) is 0 Å². The van der Waals surface area contributed by atoms with Crippen LogP contribution in [0.1, 0.15) is 356 Å². The summed E-state index contributed by atoms with van der Waals surface area (Å²) in [5, 5.41) is 0. The monoisotopic (exact) mass is 975 g/mol. The van der Waals surface area contributed by atoms with Crippen LogP contribution in [0.4, 0.5) is 0 Å². The maximum Gasteiger partial charge on any atom is 0.306 e. The number of ether oxygens (including phenoxy) is 3. The quantitative estimate of drug-likeness (QED) is 0.0343. The number of carbonyl (C=O) groups is 3. The Hall–Kier alpha value is -1.59. The van der Waals surface area contributed by atoms with Gasteiger partial charge in [0.25, 0.3) is 0 Å². The minimum Gasteiger partial charge on any atom is -0.462 e. The van der Waals surface area contributed by atoms with Gasteiger partial charge in [-0.3, -0.25) is 14.4 Å². The minimum absolute atomic E-state index is 0.0620. The van der Waals surface area contributed by atoms with Crippen LogP contribution in [0.15, 0.2) is 0 Å². The second-order valence-electron chi connectivity index (χ2n) is 22.4. The van der Waals surface area contributed by atoms with Crippen molar-refractivity contribution in [3.05, 3.63) is 0 Å². The van der Waals surface area contributed by atoms with Crippen molar-refractivity contribution in [2.75, 3.05) is 13.2 Å². The van der Waals surface area contributed by atoms with Crippen molar-refractivity contribution in [1.82, 2.24) is 0 Å². The lowest BCUT2D eigenvalue weighted by Gasteiger charge is -2.18. The highest BCUT2D eigenvalue weighted by atomic mass is 16.6. The van der Waals surface area contributed by atoms with Crippen LogP contribution in [0.2, 0.25) is 0 Å². The molecule has 6 nitrogen and oxygen atoms in total. The number of hydrogen-bond acceptors (Lipinski definition) is 6. The SMILES string of the molecule is CCCCCCCCCCCCCCCCCC(=O)O[C@@H](COC(=O)CCCCCCCCCCCCCCCCCC(C)C)COC(=O)CCCCCCCCCCCCCCCCC(C)CC. The Morgan fingerprint density at radius 1 is 0.304 bits per heavy atom. The first-order valence-corrected chi connectivity index (χ1v) is 31.3. The molecule has 0 aliphatic heterocycles. The van der Waals surface area contributed by atoms with E-state index in [1.165, 1.54) is 244 Å². The van der Waals surface area contributed by atoms with Gasteiger partial charge < -0.3 is 14.2 Å². The first kappa shape index (κ1) is 67.4. The molecule has 0 saturated carbocycles. The zero-order chi connectivity index (χ0) is 50.4. The van der Waals surface area contributed by atoms with Gasteiger partial charge in [0.05, 0.1) is 0 Å². The van der Waals surface area contributed by atoms with E-state index < -0.39 is 6.10 Å². The molecule has 69 heavy (non-hydrogen) atoms. The van der Waals surface area contributed by atoms with E-state index in [-0.39, 0.29) is 31.1 Å². The van der Waals surface area contributed by atoms with Crippen molar-refractivity contribution in [1.29, 1.82) is 0 Å². The first-order valence-electron chi connectivity index (χ1n) is 31.3. The van der Waals surface area contributed by atoms with E-state index in [0.29, 0.717) is 19.3 Å². The van der Waals surface area contributed by atoms with Crippen LogP contribution in [0.25, 0.3) is 0 Å². The predicted octanol–water partition coefficient (Wildman–Crippen LogP) is 20.8. The summed E-state index contributed by atoms with van der Waals surface area (Å²) in [6.45, 7) is 11.5. The van der Waals surface area contributed by atoms with Gasteiger partial charge in [0.15, 0.2) is 6.10 Å². The third-order valence-corrected chi connectivity index (χ3v) is 14.8. The molecule has 0 aromatic rings. The Morgan fingerprint density at radius 3 is 0.826 bits per heavy atom. The van der Waals surface area contributed by atoms with E-state index in [4.69, 9.17) is 14.2 Å². The summed E-state index contributed by atoms with van der Waals surface area (Å²) in [6.07, 6.45) is 60.9. The number of rotatable bonds is 57. The molecule has 2 atom stereocenters. The summed E-state index contributed by atoms with van der Waals surface area (Å²) in [5.74, 6) is 0.913. The average Bonchev–Trinajstić information content (AvgIpc) is 3.34. The summed E-state index contributed by atoms with van der Waals surface area (Å²) < 4.78 is 16.9. The van der Waals surface area contributed by atoms with E-state index in [2.05, 4.69) is 34.6 Å². The zero-order valence-corrected chi connectivity index (χ0v) is 47.5. The van der Waals surface area contributed by atoms with Gasteiger partial charge in [-0.15, -0.1) is 0 Å². The number of unbranched alkanes of at least 4 members (excludes halogenated alkanes) is 41. The molecule has 0 rings (SSSR count). The molecule has 0 aliphatic carbocycles. The number of hydrogen-bond donors (Lipinski definition) is 0. The highest BCUT2D eigenvalue weighted by Gasteiger charge is 2.19. The molecule has 0 aromatic carbocycles. The van der Waals surface area contributed by atoms with Crippen molar-refractivity contribution in [2.45, 2.75) is 362 Å². The van der Waals surface area contributed by atoms with Crippen LogP contribution < -0.4 is 0 Å². The Morgan fingerprint density at radius 2 is 0.551 bits per heavy atom. The molecule has 6 heteroatoms. The van der Waals surface area contributed by atoms with Crippen LogP contribution in [0.3, 0.4) is 0 Å². The lowest BCUT2D eigenvalue weighted by atomic mass is 9.99. The fourth-order valence-corrected chi connectivity index (χ4v) is 9.73. The van der Waals surface area contributed by atoms with Crippen LogP contribution >= 0.6 is 0 Å². The average molecular weight is 976 g/mol. The predicted molar refractivity (Wildman–Crippen MR) is 298 cm³/mol. The first-order chi connectivity index (χ1) is 33.8. The smallest absolute Gasteiger partial charge is 0.306 e. The van der Waals surface area contributed by atoms with Gasteiger partial charge in [-0.2, -0.15) is 0 Å². The Labute approximate surface area is 431 Å². The Kier molecular flexibility index (Phi) is 54.4. The molecule has 1 unspecified atom stereocenters. The lowest BCUT2D eigenvalue weighted by molar-refractivity contribution is -0.167. The molecule has 0 amide bonds. The molecule has 0 saturated heterocycles. The van der Waals surface area contributed by atoms with Crippen molar-refractivity contribution >= 4 is 17.9 Å². The Balaban J connectivity index is 4.29. The summed E-state index contributed by atoms with van der Waals surface area (Å²) in [7, 11) is 0. The van der Waals surface area contributed by atoms with Gasteiger partial charge in [0, 0.05) is 19.3 Å². The Bertz CT molecular complexity index is 1060. The molecule has 0 bridgehead atoms. The fourth-order valence-electron chi connectivity index (χ4n) is 9.73. The molecule has 0 radical (unpaired) electrons. The molecule has 0 fully saturated rings. The summed E-state index contributed by atoms with van der Waals surface area (Å²) in [5.41, 5.74) is 0. The summed E-state index contributed by atoms with van der Waals surface area (Å²) >= 11 is 0. The third kappa shape index (κ3) is 55.6. The van der Waals surface area contributed by atoms with Gasteiger partial charge in [-0.1, -0.05) is 317 Å². The maximum absolute atomic E-state index is 12.9. The topological polar surface area (TPSA) is 78.9 Å². The molecule has 0 aliphatic rings. The van der Waals surface area contributed by atoms with Gasteiger partial charge >= 0.3 is 17.9 Å². The molecule has 410 valence electrons. The molecular formula is C63H122O6. The van der Waals surface area contributed by atoms with Crippen LogP contribution in [0, 0.1) is 11.8 Å². The normalized spacial score (nSPS) is 12.4. The molecule has 0 heterocycles. The van der Waals surface area contributed by atoms with E-state index >= 15 is 0 Å². The van der Waals surface area contributed by atoms with Gasteiger partial charge in [-0.25, -0.2) is 0 Å². The largest absolute Gasteiger partial charge is 0.462 e. The molecule has 0 spiro atoms. The third-order valence-electron chi connectivity index (χ3n) is 14.8. The van der Waals surface area contributed by atoms with Crippen LogP contribution in [-0.2, 0) is 28.6 Å². The van der Waals surface area contributed by atoms with E-state index in [1.54, 1.807) is 0 Å². The van der Waals surface area contributed by atoms with E-state index in [9.17, 15) is 14.4 Å². The summed E-state index contributed by atoms with van der Waals surface area (Å²) in [6, 6.07) is 0. The molecule has 0 aromatic heterocycles. The van der Waals surface area contributed by atoms with Crippen LogP contribution in [0.5, 0.6) is 0 Å². The molecule has 0 N–H and O–H groups in total. The summed E-state index contributed by atoms with van der Waals surface area (Å²) in [4.78, 5) is 38.3. The number of carbonyl (C=O) groups excluding carboxylic acids is 3. The zero-order valence-electron chi connectivity index (χ0n) is 47.5.